The van der Waals surface area contributed by atoms with E-state index in [4.69, 9.17) is 5.73 Å². The summed E-state index contributed by atoms with van der Waals surface area (Å²) in [6, 6.07) is 4.10. The molecule has 1 aromatic rings. The maximum absolute atomic E-state index is 13.5. The van der Waals surface area contributed by atoms with Crippen molar-refractivity contribution in [2.75, 3.05) is 30.7 Å². The Morgan fingerprint density at radius 2 is 2.33 bits per heavy atom. The number of carbonyl (C=O) groups excluding carboxylic acids is 1. The minimum Gasteiger partial charge on any atom is -0.399 e. The third kappa shape index (κ3) is 4.99. The van der Waals surface area contributed by atoms with Crippen LogP contribution >= 0.6 is 0 Å². The van der Waals surface area contributed by atoms with Crippen molar-refractivity contribution >= 4 is 17.3 Å². The summed E-state index contributed by atoms with van der Waals surface area (Å²) in [7, 11) is 0. The van der Waals surface area contributed by atoms with Crippen LogP contribution in [0, 0.1) is 5.82 Å². The van der Waals surface area contributed by atoms with Crippen LogP contribution in [-0.4, -0.2) is 41.7 Å². The molecule has 1 aliphatic rings. The number of β-amino-alcohol motifs (C(OH)–C–C–N with tert-alkyl or cyclic N) is 1. The molecule has 0 radical (unpaired) electrons. The second-order valence-electron chi connectivity index (χ2n) is 5.49. The van der Waals surface area contributed by atoms with Gasteiger partial charge in [-0.05, 0) is 50.6 Å². The molecule has 21 heavy (non-hydrogen) atoms. The van der Waals surface area contributed by atoms with Gasteiger partial charge >= 0.3 is 0 Å². The third-order valence-electron chi connectivity index (χ3n) is 3.62. The molecule has 1 unspecified atom stereocenters. The van der Waals surface area contributed by atoms with Crippen molar-refractivity contribution in [3.63, 3.8) is 0 Å². The number of piperidine rings is 1. The van der Waals surface area contributed by atoms with Crippen LogP contribution in [0.4, 0.5) is 15.8 Å². The minimum atomic E-state index is -0.489. The number of amides is 1. The summed E-state index contributed by atoms with van der Waals surface area (Å²) in [5.41, 5.74) is 6.10. The van der Waals surface area contributed by atoms with E-state index in [1.54, 1.807) is 0 Å². The molecule has 0 spiro atoms. The first-order chi connectivity index (χ1) is 10.0. The Labute approximate surface area is 123 Å². The Morgan fingerprint density at radius 3 is 3.10 bits per heavy atom. The van der Waals surface area contributed by atoms with Gasteiger partial charge in [0, 0.05) is 18.7 Å². The van der Waals surface area contributed by atoms with E-state index in [0.29, 0.717) is 25.1 Å². The van der Waals surface area contributed by atoms with Crippen molar-refractivity contribution in [3.05, 3.63) is 24.0 Å². The molecule has 1 aromatic carbocycles. The molecule has 0 aromatic heterocycles. The number of halogens is 1. The number of carbonyl (C=O) groups is 1. The van der Waals surface area contributed by atoms with E-state index in [-0.39, 0.29) is 17.7 Å². The van der Waals surface area contributed by atoms with E-state index in [1.165, 1.54) is 18.2 Å². The van der Waals surface area contributed by atoms with Crippen LogP contribution in [0.15, 0.2) is 18.2 Å². The molecule has 1 saturated heterocycles. The summed E-state index contributed by atoms with van der Waals surface area (Å²) in [6.07, 6.45) is 2.59. The SMILES string of the molecule is Nc1ccc(F)c(NC(=O)CCCN2CCCC(O)C2)c1. The predicted octanol–water partition coefficient (Wildman–Crippen LogP) is 1.58. The van der Waals surface area contributed by atoms with E-state index in [0.717, 1.165) is 25.9 Å². The molecule has 1 aliphatic heterocycles. The van der Waals surface area contributed by atoms with Gasteiger partial charge in [-0.1, -0.05) is 0 Å². The van der Waals surface area contributed by atoms with Crippen molar-refractivity contribution < 1.29 is 14.3 Å². The Balaban J connectivity index is 1.73. The quantitative estimate of drug-likeness (QED) is 0.721. The zero-order valence-electron chi connectivity index (χ0n) is 12.0. The molecule has 116 valence electrons. The molecular weight excluding hydrogens is 273 g/mol. The fourth-order valence-electron chi connectivity index (χ4n) is 2.55. The smallest absolute Gasteiger partial charge is 0.224 e. The molecule has 5 nitrogen and oxygen atoms in total. The summed E-state index contributed by atoms with van der Waals surface area (Å²) in [5.74, 6) is -0.714. The number of rotatable bonds is 5. The first-order valence-electron chi connectivity index (χ1n) is 7.30. The standard InChI is InChI=1S/C15H22FN3O2/c16-13-6-5-11(17)9-14(13)18-15(21)4-2-8-19-7-1-3-12(20)10-19/h5-6,9,12,20H,1-4,7-8,10,17H2,(H,18,21). The van der Waals surface area contributed by atoms with Gasteiger partial charge < -0.3 is 21.1 Å². The van der Waals surface area contributed by atoms with Crippen molar-refractivity contribution in [1.82, 2.24) is 4.90 Å². The lowest BCUT2D eigenvalue weighted by Crippen LogP contribution is -2.38. The van der Waals surface area contributed by atoms with Gasteiger partial charge in [-0.15, -0.1) is 0 Å². The Bertz CT molecular complexity index is 496. The van der Waals surface area contributed by atoms with Crippen LogP contribution in [0.25, 0.3) is 0 Å². The average molecular weight is 295 g/mol. The summed E-state index contributed by atoms with van der Waals surface area (Å²) in [6.45, 7) is 2.40. The Hall–Kier alpha value is -1.66. The van der Waals surface area contributed by atoms with Gasteiger partial charge in [0.25, 0.3) is 0 Å². The van der Waals surface area contributed by atoms with Crippen LogP contribution in [0.3, 0.4) is 0 Å². The predicted molar refractivity (Wildman–Crippen MR) is 80.4 cm³/mol. The first-order valence-corrected chi connectivity index (χ1v) is 7.30. The maximum Gasteiger partial charge on any atom is 0.224 e. The van der Waals surface area contributed by atoms with Crippen LogP contribution in [0.5, 0.6) is 0 Å². The lowest BCUT2D eigenvalue weighted by Gasteiger charge is -2.29. The van der Waals surface area contributed by atoms with Gasteiger partial charge in [-0.3, -0.25) is 4.79 Å². The summed E-state index contributed by atoms with van der Waals surface area (Å²) < 4.78 is 13.5. The Morgan fingerprint density at radius 1 is 1.52 bits per heavy atom. The number of aliphatic hydroxyl groups is 1. The van der Waals surface area contributed by atoms with Gasteiger partial charge in [-0.25, -0.2) is 4.39 Å². The molecule has 6 heteroatoms. The highest BCUT2D eigenvalue weighted by atomic mass is 19.1. The minimum absolute atomic E-state index is 0.119. The number of benzene rings is 1. The van der Waals surface area contributed by atoms with Crippen molar-refractivity contribution in [3.8, 4) is 0 Å². The number of likely N-dealkylation sites (tertiary alicyclic amines) is 1. The summed E-state index contributed by atoms with van der Waals surface area (Å²) in [4.78, 5) is 14.0. The molecule has 0 aliphatic carbocycles. The monoisotopic (exact) mass is 295 g/mol. The topological polar surface area (TPSA) is 78.6 Å². The number of nitrogens with one attached hydrogen (secondary N) is 1. The Kier molecular flexibility index (Phi) is 5.52. The molecular formula is C15H22FN3O2. The number of nitrogens with zero attached hydrogens (tertiary/aromatic N) is 1. The van der Waals surface area contributed by atoms with E-state index in [2.05, 4.69) is 10.2 Å². The zero-order chi connectivity index (χ0) is 15.2. The fourth-order valence-corrected chi connectivity index (χ4v) is 2.55. The van der Waals surface area contributed by atoms with E-state index in [1.807, 2.05) is 0 Å². The number of hydrogen-bond donors (Lipinski definition) is 3. The first kappa shape index (κ1) is 15.7. The molecule has 0 saturated carbocycles. The highest BCUT2D eigenvalue weighted by molar-refractivity contribution is 5.91. The van der Waals surface area contributed by atoms with Gasteiger partial charge in [0.05, 0.1) is 11.8 Å². The molecule has 0 bridgehead atoms. The molecule has 1 heterocycles. The molecule has 1 amide bonds. The van der Waals surface area contributed by atoms with Crippen molar-refractivity contribution in [2.24, 2.45) is 0 Å². The molecule has 1 atom stereocenters. The van der Waals surface area contributed by atoms with Crippen LogP contribution < -0.4 is 11.1 Å². The number of nitrogens with two attached hydrogens (primary N) is 1. The van der Waals surface area contributed by atoms with Crippen LogP contribution in [0.2, 0.25) is 0 Å². The number of aliphatic hydroxyl groups excluding tert-OH is 1. The van der Waals surface area contributed by atoms with Crippen molar-refractivity contribution in [2.45, 2.75) is 31.8 Å². The lowest BCUT2D eigenvalue weighted by molar-refractivity contribution is -0.116. The largest absolute Gasteiger partial charge is 0.399 e. The van der Waals surface area contributed by atoms with E-state index >= 15 is 0 Å². The number of hydrogen-bond acceptors (Lipinski definition) is 4. The second-order valence-corrected chi connectivity index (χ2v) is 5.49. The fraction of sp³-hybridized carbons (Fsp3) is 0.533. The van der Waals surface area contributed by atoms with E-state index < -0.39 is 5.82 Å². The van der Waals surface area contributed by atoms with Gasteiger partial charge in [0.15, 0.2) is 0 Å². The number of nitrogen functional groups attached to an aromatic ring is 1. The highest BCUT2D eigenvalue weighted by Crippen LogP contribution is 2.18. The van der Waals surface area contributed by atoms with Crippen LogP contribution in [-0.2, 0) is 4.79 Å². The van der Waals surface area contributed by atoms with Crippen LogP contribution in [0.1, 0.15) is 25.7 Å². The van der Waals surface area contributed by atoms with Gasteiger partial charge in [-0.2, -0.15) is 0 Å². The molecule has 4 N–H and O–H groups in total. The van der Waals surface area contributed by atoms with Gasteiger partial charge in [0.1, 0.15) is 5.82 Å². The van der Waals surface area contributed by atoms with Crippen molar-refractivity contribution in [1.29, 1.82) is 0 Å². The number of anilines is 2. The molecule has 1 fully saturated rings. The lowest BCUT2D eigenvalue weighted by atomic mass is 10.1. The second kappa shape index (κ2) is 7.38. The summed E-state index contributed by atoms with van der Waals surface area (Å²) >= 11 is 0. The zero-order valence-corrected chi connectivity index (χ0v) is 12.0. The highest BCUT2D eigenvalue weighted by Gasteiger charge is 2.17. The maximum atomic E-state index is 13.5. The molecule has 2 rings (SSSR count). The normalized spacial score (nSPS) is 19.4. The van der Waals surface area contributed by atoms with E-state index in [9.17, 15) is 14.3 Å². The third-order valence-corrected chi connectivity index (χ3v) is 3.62. The summed E-state index contributed by atoms with van der Waals surface area (Å²) in [5, 5.41) is 12.1. The van der Waals surface area contributed by atoms with Gasteiger partial charge in [0.2, 0.25) is 5.91 Å². The average Bonchev–Trinajstić information content (AvgIpc) is 2.43.